The molecule has 1 aromatic carbocycles. The fraction of sp³-hybridized carbons (Fsp3) is 0.200. The van der Waals surface area contributed by atoms with Crippen molar-refractivity contribution in [2.75, 3.05) is 24.3 Å². The Balaban J connectivity index is 2.17. The van der Waals surface area contributed by atoms with Gasteiger partial charge in [-0.3, -0.25) is 4.79 Å². The van der Waals surface area contributed by atoms with Crippen LogP contribution in [0.5, 0.6) is 0 Å². The van der Waals surface area contributed by atoms with Crippen molar-refractivity contribution in [1.82, 2.24) is 4.98 Å². The Morgan fingerprint density at radius 1 is 1.25 bits per heavy atom. The van der Waals surface area contributed by atoms with Gasteiger partial charge in [-0.25, -0.2) is 4.98 Å². The van der Waals surface area contributed by atoms with Gasteiger partial charge in [-0.1, -0.05) is 22.0 Å². The predicted octanol–water partition coefficient (Wildman–Crippen LogP) is 3.47. The first-order chi connectivity index (χ1) is 9.47. The maximum atomic E-state index is 12.2. The number of halogens is 1. The lowest BCUT2D eigenvalue weighted by atomic mass is 10.1. The summed E-state index contributed by atoms with van der Waals surface area (Å²) in [4.78, 5) is 18.4. The highest BCUT2D eigenvalue weighted by atomic mass is 79.9. The van der Waals surface area contributed by atoms with Gasteiger partial charge in [0.15, 0.2) is 0 Å². The van der Waals surface area contributed by atoms with Gasteiger partial charge in [0, 0.05) is 24.1 Å². The molecule has 0 atom stereocenters. The maximum absolute atomic E-state index is 12.2. The van der Waals surface area contributed by atoms with Crippen molar-refractivity contribution in [2.45, 2.75) is 6.92 Å². The van der Waals surface area contributed by atoms with Gasteiger partial charge < -0.3 is 10.2 Å². The second-order valence-corrected chi connectivity index (χ2v) is 5.63. The number of aromatic nitrogens is 1. The molecular formula is C15H16BrN3O. The molecule has 104 valence electrons. The number of nitrogens with zero attached hydrogens (tertiary/aromatic N) is 2. The van der Waals surface area contributed by atoms with E-state index in [9.17, 15) is 4.79 Å². The molecule has 20 heavy (non-hydrogen) atoms. The lowest BCUT2D eigenvalue weighted by Gasteiger charge is -2.12. The quantitative estimate of drug-likeness (QED) is 0.935. The fourth-order valence-electron chi connectivity index (χ4n) is 1.76. The molecule has 0 saturated carbocycles. The van der Waals surface area contributed by atoms with Gasteiger partial charge in [0.1, 0.15) is 5.82 Å². The Morgan fingerprint density at radius 3 is 2.60 bits per heavy atom. The average molecular weight is 334 g/mol. The first-order valence-electron chi connectivity index (χ1n) is 6.18. The molecule has 0 aliphatic rings. The molecule has 5 heteroatoms. The van der Waals surface area contributed by atoms with Gasteiger partial charge in [0.2, 0.25) is 0 Å². The third kappa shape index (κ3) is 3.36. The highest BCUT2D eigenvalue weighted by Crippen LogP contribution is 2.18. The van der Waals surface area contributed by atoms with Crippen LogP contribution in [-0.2, 0) is 0 Å². The van der Waals surface area contributed by atoms with Gasteiger partial charge in [-0.05, 0) is 36.8 Å². The molecule has 0 spiro atoms. The van der Waals surface area contributed by atoms with E-state index in [1.165, 1.54) is 0 Å². The zero-order valence-corrected chi connectivity index (χ0v) is 13.2. The van der Waals surface area contributed by atoms with Crippen LogP contribution in [0.1, 0.15) is 15.9 Å². The minimum Gasteiger partial charge on any atom is -0.363 e. The Morgan fingerprint density at radius 2 is 2.00 bits per heavy atom. The standard InChI is InChI=1S/C15H16BrN3O/c1-10-4-5-11(16)8-13(10)15(20)18-12-6-7-14(17-9-12)19(2)3/h4-9H,1-3H3,(H,18,20). The highest BCUT2D eigenvalue weighted by Gasteiger charge is 2.10. The Labute approximate surface area is 127 Å². The van der Waals surface area contributed by atoms with E-state index in [1.54, 1.807) is 6.20 Å². The zero-order valence-electron chi connectivity index (χ0n) is 11.6. The molecule has 0 radical (unpaired) electrons. The molecule has 1 heterocycles. The number of pyridine rings is 1. The summed E-state index contributed by atoms with van der Waals surface area (Å²) in [6.45, 7) is 1.91. The second kappa shape index (κ2) is 6.05. The van der Waals surface area contributed by atoms with Crippen LogP contribution < -0.4 is 10.2 Å². The van der Waals surface area contributed by atoms with Crippen molar-refractivity contribution >= 4 is 33.3 Å². The van der Waals surface area contributed by atoms with Gasteiger partial charge in [0.05, 0.1) is 11.9 Å². The number of carbonyl (C=O) groups is 1. The lowest BCUT2D eigenvalue weighted by molar-refractivity contribution is 0.102. The molecule has 1 N–H and O–H groups in total. The highest BCUT2D eigenvalue weighted by molar-refractivity contribution is 9.10. The first kappa shape index (κ1) is 14.5. The minimum absolute atomic E-state index is 0.136. The molecule has 1 amide bonds. The Kier molecular flexibility index (Phi) is 4.39. The van der Waals surface area contributed by atoms with Crippen LogP contribution in [0, 0.1) is 6.92 Å². The summed E-state index contributed by atoms with van der Waals surface area (Å²) in [6, 6.07) is 9.34. The van der Waals surface area contributed by atoms with Crippen LogP contribution in [0.4, 0.5) is 11.5 Å². The number of hydrogen-bond donors (Lipinski definition) is 1. The van der Waals surface area contributed by atoms with Gasteiger partial charge >= 0.3 is 0 Å². The Hall–Kier alpha value is -1.88. The summed E-state index contributed by atoms with van der Waals surface area (Å²) < 4.78 is 0.884. The number of carbonyl (C=O) groups excluding carboxylic acids is 1. The van der Waals surface area contributed by atoms with Crippen LogP contribution in [0.3, 0.4) is 0 Å². The molecule has 0 aliphatic carbocycles. The molecule has 0 unspecified atom stereocenters. The lowest BCUT2D eigenvalue weighted by Crippen LogP contribution is -2.14. The van der Waals surface area contributed by atoms with E-state index in [2.05, 4.69) is 26.2 Å². The summed E-state index contributed by atoms with van der Waals surface area (Å²) in [7, 11) is 3.84. The zero-order chi connectivity index (χ0) is 14.7. The topological polar surface area (TPSA) is 45.2 Å². The van der Waals surface area contributed by atoms with E-state index >= 15 is 0 Å². The summed E-state index contributed by atoms with van der Waals surface area (Å²) >= 11 is 3.38. The smallest absolute Gasteiger partial charge is 0.256 e. The summed E-state index contributed by atoms with van der Waals surface area (Å²) in [5, 5.41) is 2.85. The normalized spacial score (nSPS) is 10.2. The number of anilines is 2. The molecule has 0 saturated heterocycles. The molecule has 4 nitrogen and oxygen atoms in total. The average Bonchev–Trinajstić information content (AvgIpc) is 2.42. The molecule has 2 rings (SSSR count). The monoisotopic (exact) mass is 333 g/mol. The van der Waals surface area contributed by atoms with E-state index in [0.29, 0.717) is 11.3 Å². The van der Waals surface area contributed by atoms with Crippen LogP contribution in [0.15, 0.2) is 41.0 Å². The van der Waals surface area contributed by atoms with Crippen LogP contribution >= 0.6 is 15.9 Å². The summed E-state index contributed by atoms with van der Waals surface area (Å²) in [5.74, 6) is 0.713. The minimum atomic E-state index is -0.136. The van der Waals surface area contributed by atoms with Crippen LogP contribution in [0.25, 0.3) is 0 Å². The predicted molar refractivity (Wildman–Crippen MR) is 85.4 cm³/mol. The van der Waals surface area contributed by atoms with Gasteiger partial charge in [-0.15, -0.1) is 0 Å². The summed E-state index contributed by atoms with van der Waals surface area (Å²) in [6.07, 6.45) is 1.65. The maximum Gasteiger partial charge on any atom is 0.256 e. The molecule has 0 aliphatic heterocycles. The largest absolute Gasteiger partial charge is 0.363 e. The number of hydrogen-bond acceptors (Lipinski definition) is 3. The van der Waals surface area contributed by atoms with Crippen molar-refractivity contribution in [2.24, 2.45) is 0 Å². The van der Waals surface area contributed by atoms with E-state index in [1.807, 2.05) is 56.3 Å². The number of aryl methyl sites for hydroxylation is 1. The summed E-state index contributed by atoms with van der Waals surface area (Å²) in [5.41, 5.74) is 2.26. The van der Waals surface area contributed by atoms with E-state index in [0.717, 1.165) is 15.9 Å². The van der Waals surface area contributed by atoms with Crippen molar-refractivity contribution in [1.29, 1.82) is 0 Å². The molecule has 0 bridgehead atoms. The van der Waals surface area contributed by atoms with E-state index in [-0.39, 0.29) is 5.91 Å². The number of rotatable bonds is 3. The fourth-order valence-corrected chi connectivity index (χ4v) is 2.12. The molecule has 1 aromatic heterocycles. The van der Waals surface area contributed by atoms with E-state index < -0.39 is 0 Å². The van der Waals surface area contributed by atoms with Crippen molar-refractivity contribution in [3.8, 4) is 0 Å². The van der Waals surface area contributed by atoms with Gasteiger partial charge in [-0.2, -0.15) is 0 Å². The van der Waals surface area contributed by atoms with Crippen LogP contribution in [-0.4, -0.2) is 25.0 Å². The molecular weight excluding hydrogens is 318 g/mol. The second-order valence-electron chi connectivity index (χ2n) is 4.71. The number of nitrogens with one attached hydrogen (secondary N) is 1. The van der Waals surface area contributed by atoms with Crippen molar-refractivity contribution in [3.63, 3.8) is 0 Å². The first-order valence-corrected chi connectivity index (χ1v) is 6.97. The van der Waals surface area contributed by atoms with Gasteiger partial charge in [0.25, 0.3) is 5.91 Å². The molecule has 0 fully saturated rings. The van der Waals surface area contributed by atoms with Crippen molar-refractivity contribution < 1.29 is 4.79 Å². The number of benzene rings is 1. The SMILES string of the molecule is Cc1ccc(Br)cc1C(=O)Nc1ccc(N(C)C)nc1. The van der Waals surface area contributed by atoms with E-state index in [4.69, 9.17) is 0 Å². The third-order valence-corrected chi connectivity index (χ3v) is 3.40. The van der Waals surface area contributed by atoms with Crippen LogP contribution in [0.2, 0.25) is 0 Å². The van der Waals surface area contributed by atoms with Crippen molar-refractivity contribution in [3.05, 3.63) is 52.1 Å². The molecule has 2 aromatic rings. The third-order valence-electron chi connectivity index (χ3n) is 2.91. The Bertz CT molecular complexity index is 624. The number of amides is 1.